The van der Waals surface area contributed by atoms with E-state index in [9.17, 15) is 18.0 Å². The summed E-state index contributed by atoms with van der Waals surface area (Å²) in [6, 6.07) is 4.66. The van der Waals surface area contributed by atoms with Gasteiger partial charge in [-0.05, 0) is 47.0 Å². The molecule has 0 aliphatic carbocycles. The van der Waals surface area contributed by atoms with E-state index in [1.165, 1.54) is 19.2 Å². The molecular weight excluding hydrogens is 578 g/mol. The van der Waals surface area contributed by atoms with E-state index in [1.54, 1.807) is 10.6 Å². The van der Waals surface area contributed by atoms with Crippen LogP contribution in [0, 0.1) is 0 Å². The van der Waals surface area contributed by atoms with E-state index in [-0.39, 0.29) is 17.0 Å². The van der Waals surface area contributed by atoms with Crippen LogP contribution in [-0.4, -0.2) is 73.4 Å². The number of fused-ring (bicyclic) bond motifs is 1. The lowest BCUT2D eigenvalue weighted by atomic mass is 10.1. The Balaban J connectivity index is 1.77. The number of nitrogens with zero attached hydrogens (tertiary/aromatic N) is 3. The van der Waals surface area contributed by atoms with Gasteiger partial charge >= 0.3 is 5.69 Å². The number of ether oxygens (including phenoxy) is 2. The Morgan fingerprint density at radius 2 is 1.87 bits per heavy atom. The van der Waals surface area contributed by atoms with Crippen LogP contribution in [0.3, 0.4) is 0 Å². The van der Waals surface area contributed by atoms with E-state index in [0.29, 0.717) is 66.3 Å². The van der Waals surface area contributed by atoms with Crippen molar-refractivity contribution in [3.63, 3.8) is 0 Å². The number of benzene rings is 1. The molecule has 1 aliphatic rings. The molecule has 0 spiro atoms. The second-order valence-corrected chi connectivity index (χ2v) is 11.8. The highest BCUT2D eigenvalue weighted by Gasteiger charge is 2.24. The van der Waals surface area contributed by atoms with Crippen LogP contribution in [0.25, 0.3) is 22.3 Å². The average Bonchev–Trinajstić information content (AvgIpc) is 3.25. The number of H-pyrrole nitrogens is 1. The number of aromatic amines is 1. The first-order valence-corrected chi connectivity index (χ1v) is 15.0. The highest BCUT2D eigenvalue weighted by molar-refractivity contribution is 9.10. The van der Waals surface area contributed by atoms with Crippen molar-refractivity contribution in [2.45, 2.75) is 38.1 Å². The number of aryl methyl sites for hydroxylation is 1. The summed E-state index contributed by atoms with van der Waals surface area (Å²) in [4.78, 5) is 31.2. The van der Waals surface area contributed by atoms with Crippen LogP contribution in [0.2, 0.25) is 0 Å². The zero-order valence-corrected chi connectivity index (χ0v) is 24.3. The summed E-state index contributed by atoms with van der Waals surface area (Å²) < 4.78 is 43.5. The monoisotopic (exact) mass is 611 g/mol. The molecule has 2 N–H and O–H groups in total. The fraction of sp³-hybridized carbons (Fsp3) is 0.520. The maximum Gasteiger partial charge on any atom is 0.331 e. The average molecular weight is 613 g/mol. The summed E-state index contributed by atoms with van der Waals surface area (Å²) in [6.07, 6.45) is 1.45. The van der Waals surface area contributed by atoms with Gasteiger partial charge in [-0.15, -0.1) is 0 Å². The molecule has 3 aromatic rings. The summed E-state index contributed by atoms with van der Waals surface area (Å²) in [5, 5.41) is 0. The van der Waals surface area contributed by atoms with E-state index in [2.05, 4.69) is 30.5 Å². The predicted octanol–water partition coefficient (Wildman–Crippen LogP) is 2.27. The minimum Gasteiger partial charge on any atom is -0.493 e. The Bertz CT molecular complexity index is 1520. The predicted molar refractivity (Wildman–Crippen MR) is 149 cm³/mol. The molecule has 0 radical (unpaired) electrons. The van der Waals surface area contributed by atoms with Crippen molar-refractivity contribution in [3.8, 4) is 17.0 Å². The molecule has 4 rings (SSSR count). The Morgan fingerprint density at radius 3 is 2.55 bits per heavy atom. The Kier molecular flexibility index (Phi) is 9.14. The summed E-state index contributed by atoms with van der Waals surface area (Å²) in [6.45, 7) is 8.44. The third kappa shape index (κ3) is 5.76. The van der Waals surface area contributed by atoms with E-state index >= 15 is 0 Å². The van der Waals surface area contributed by atoms with Gasteiger partial charge in [0.25, 0.3) is 5.56 Å². The minimum atomic E-state index is -3.82. The van der Waals surface area contributed by atoms with Crippen molar-refractivity contribution in [2.24, 2.45) is 7.05 Å². The number of aromatic nitrogens is 3. The van der Waals surface area contributed by atoms with Gasteiger partial charge in [-0.3, -0.25) is 18.8 Å². The van der Waals surface area contributed by atoms with Crippen molar-refractivity contribution >= 4 is 37.0 Å². The third-order valence-electron chi connectivity index (χ3n) is 6.48. The largest absolute Gasteiger partial charge is 0.493 e. The standard InChI is InChI=1S/C25H34BrN5O6S/c1-4-9-31-23-20(26)21(28-22(23)24(32)29(3)25(31)33)18-16-17(6-7-19(18)37-13-5-2)38(34,35)27-8-10-30-11-14-36-15-12-30/h6-7,16,27-28H,4-5,8-15H2,1-3H3. The normalized spacial score (nSPS) is 14.8. The van der Waals surface area contributed by atoms with Crippen LogP contribution in [0.1, 0.15) is 26.7 Å². The maximum atomic E-state index is 13.2. The third-order valence-corrected chi connectivity index (χ3v) is 8.71. The first-order valence-electron chi connectivity index (χ1n) is 12.8. The van der Waals surface area contributed by atoms with Gasteiger partial charge in [0, 0.05) is 45.3 Å². The molecule has 0 bridgehead atoms. The molecule has 2 aromatic heterocycles. The zero-order valence-electron chi connectivity index (χ0n) is 21.9. The van der Waals surface area contributed by atoms with E-state index in [0.717, 1.165) is 24.1 Å². The van der Waals surface area contributed by atoms with E-state index < -0.39 is 21.3 Å². The topological polar surface area (TPSA) is 128 Å². The molecule has 208 valence electrons. The minimum absolute atomic E-state index is 0.0720. The number of hydrogen-bond acceptors (Lipinski definition) is 7. The lowest BCUT2D eigenvalue weighted by Crippen LogP contribution is -2.41. The Labute approximate surface area is 229 Å². The summed E-state index contributed by atoms with van der Waals surface area (Å²) in [5.41, 5.74) is 0.737. The van der Waals surface area contributed by atoms with Gasteiger partial charge in [-0.2, -0.15) is 0 Å². The quantitative estimate of drug-likeness (QED) is 0.340. The number of sulfonamides is 1. The molecule has 0 unspecified atom stereocenters. The molecule has 13 heteroatoms. The van der Waals surface area contributed by atoms with Crippen LogP contribution >= 0.6 is 15.9 Å². The van der Waals surface area contributed by atoms with Gasteiger partial charge in [0.1, 0.15) is 11.3 Å². The lowest BCUT2D eigenvalue weighted by Gasteiger charge is -2.26. The molecule has 0 saturated carbocycles. The highest BCUT2D eigenvalue weighted by Crippen LogP contribution is 2.39. The first-order chi connectivity index (χ1) is 18.2. The summed E-state index contributed by atoms with van der Waals surface area (Å²) in [7, 11) is -2.38. The highest BCUT2D eigenvalue weighted by atomic mass is 79.9. The van der Waals surface area contributed by atoms with Gasteiger partial charge in [0.05, 0.1) is 40.4 Å². The molecule has 1 fully saturated rings. The second-order valence-electron chi connectivity index (χ2n) is 9.19. The van der Waals surface area contributed by atoms with Gasteiger partial charge in [0.15, 0.2) is 0 Å². The number of nitrogens with one attached hydrogen (secondary N) is 2. The van der Waals surface area contributed by atoms with Gasteiger partial charge in [-0.1, -0.05) is 13.8 Å². The molecule has 0 amide bonds. The molecule has 1 aliphatic heterocycles. The number of hydrogen-bond donors (Lipinski definition) is 2. The number of morpholine rings is 1. The molecule has 1 saturated heterocycles. The molecular formula is C25H34BrN5O6S. The van der Waals surface area contributed by atoms with E-state index in [4.69, 9.17) is 9.47 Å². The summed E-state index contributed by atoms with van der Waals surface area (Å²) >= 11 is 3.59. The number of halogens is 1. The maximum absolute atomic E-state index is 13.2. The lowest BCUT2D eigenvalue weighted by molar-refractivity contribution is 0.0390. The first kappa shape index (κ1) is 28.6. The van der Waals surface area contributed by atoms with Crippen LogP contribution in [0.4, 0.5) is 0 Å². The van der Waals surface area contributed by atoms with Crippen LogP contribution in [0.15, 0.2) is 37.2 Å². The zero-order chi connectivity index (χ0) is 27.4. The fourth-order valence-corrected chi connectivity index (χ4v) is 6.25. The van der Waals surface area contributed by atoms with E-state index in [1.807, 2.05) is 13.8 Å². The fourth-order valence-electron chi connectivity index (χ4n) is 4.48. The van der Waals surface area contributed by atoms with Crippen molar-refractivity contribution in [2.75, 3.05) is 46.0 Å². The Morgan fingerprint density at radius 1 is 1.13 bits per heavy atom. The second kappa shape index (κ2) is 12.2. The summed E-state index contributed by atoms with van der Waals surface area (Å²) in [5.74, 6) is 0.465. The van der Waals surface area contributed by atoms with Crippen LogP contribution in [0.5, 0.6) is 5.75 Å². The van der Waals surface area contributed by atoms with Crippen molar-refractivity contribution in [1.29, 1.82) is 0 Å². The van der Waals surface area contributed by atoms with Crippen LogP contribution < -0.4 is 20.7 Å². The molecule has 1 aromatic carbocycles. The molecule has 3 heterocycles. The SMILES string of the molecule is CCCOc1ccc(S(=O)(=O)NCCN2CCOCC2)cc1-c1[nH]c2c(=O)n(C)c(=O)n(CCC)c2c1Br. The van der Waals surface area contributed by atoms with Crippen LogP contribution in [-0.2, 0) is 28.4 Å². The van der Waals surface area contributed by atoms with Gasteiger partial charge in [-0.25, -0.2) is 17.9 Å². The van der Waals surface area contributed by atoms with Gasteiger partial charge in [0.2, 0.25) is 10.0 Å². The molecule has 38 heavy (non-hydrogen) atoms. The molecule has 0 atom stereocenters. The van der Waals surface area contributed by atoms with Crippen molar-refractivity contribution in [1.82, 2.24) is 23.7 Å². The van der Waals surface area contributed by atoms with Crippen molar-refractivity contribution < 1.29 is 17.9 Å². The number of rotatable bonds is 11. The van der Waals surface area contributed by atoms with Crippen molar-refractivity contribution in [3.05, 3.63) is 43.5 Å². The Hall–Kier alpha value is -2.45. The van der Waals surface area contributed by atoms with Gasteiger partial charge < -0.3 is 14.5 Å². The smallest absolute Gasteiger partial charge is 0.331 e. The molecule has 11 nitrogen and oxygen atoms in total.